The van der Waals surface area contributed by atoms with Crippen LogP contribution in [-0.4, -0.2) is 34.3 Å². The van der Waals surface area contributed by atoms with Crippen LogP contribution in [0.25, 0.3) is 0 Å². The molecule has 18 heavy (non-hydrogen) atoms. The molecule has 0 bridgehead atoms. The molecule has 1 aromatic carbocycles. The summed E-state index contributed by atoms with van der Waals surface area (Å²) in [5.74, 6) is -0.230. The lowest BCUT2D eigenvalue weighted by Gasteiger charge is -2.31. The van der Waals surface area contributed by atoms with Crippen molar-refractivity contribution in [2.24, 2.45) is 0 Å². The van der Waals surface area contributed by atoms with Crippen LogP contribution in [0.3, 0.4) is 0 Å². The maximum atomic E-state index is 12.7. The molecule has 0 spiro atoms. The first-order chi connectivity index (χ1) is 8.65. The summed E-state index contributed by atoms with van der Waals surface area (Å²) in [5.41, 5.74) is 0.996. The van der Waals surface area contributed by atoms with Crippen LogP contribution in [0.5, 0.6) is 0 Å². The summed E-state index contributed by atoms with van der Waals surface area (Å²) in [7, 11) is 0. The van der Waals surface area contributed by atoms with Gasteiger partial charge >= 0.3 is 0 Å². The molecule has 3 nitrogen and oxygen atoms in total. The molecular formula is C13H17FN2OS. The first kappa shape index (κ1) is 13.2. The van der Waals surface area contributed by atoms with Gasteiger partial charge in [0.25, 0.3) is 0 Å². The quantitative estimate of drug-likeness (QED) is 0.800. The van der Waals surface area contributed by atoms with Gasteiger partial charge in [-0.3, -0.25) is 0 Å². The van der Waals surface area contributed by atoms with Gasteiger partial charge in [0.15, 0.2) is 5.11 Å². The van der Waals surface area contributed by atoms with Crippen LogP contribution in [0.4, 0.5) is 4.39 Å². The number of aliphatic hydroxyl groups is 1. The highest BCUT2D eigenvalue weighted by Crippen LogP contribution is 2.10. The highest BCUT2D eigenvalue weighted by atomic mass is 32.1. The second-order valence-corrected chi connectivity index (χ2v) is 4.89. The van der Waals surface area contributed by atoms with E-state index in [-0.39, 0.29) is 11.9 Å². The Morgan fingerprint density at radius 3 is 2.56 bits per heavy atom. The number of nitrogens with one attached hydrogen (secondary N) is 1. The second kappa shape index (κ2) is 6.11. The van der Waals surface area contributed by atoms with E-state index in [2.05, 4.69) is 10.2 Å². The highest BCUT2D eigenvalue weighted by molar-refractivity contribution is 7.80. The summed E-state index contributed by atoms with van der Waals surface area (Å²) in [5, 5.41) is 13.3. The molecule has 0 aromatic heterocycles. The molecule has 2 rings (SSSR count). The van der Waals surface area contributed by atoms with Gasteiger partial charge in [0.2, 0.25) is 0 Å². The number of hydrogen-bond acceptors (Lipinski definition) is 2. The zero-order valence-corrected chi connectivity index (χ0v) is 10.9. The van der Waals surface area contributed by atoms with Crippen molar-refractivity contribution < 1.29 is 9.50 Å². The molecule has 0 amide bonds. The Kier molecular flexibility index (Phi) is 4.49. The van der Waals surface area contributed by atoms with Crippen molar-refractivity contribution in [1.29, 1.82) is 0 Å². The minimum atomic E-state index is -0.230. The van der Waals surface area contributed by atoms with Gasteiger partial charge in [-0.05, 0) is 42.8 Å². The van der Waals surface area contributed by atoms with Crippen LogP contribution < -0.4 is 5.32 Å². The van der Waals surface area contributed by atoms with E-state index in [4.69, 9.17) is 12.2 Å². The molecule has 1 saturated heterocycles. The van der Waals surface area contributed by atoms with E-state index in [0.29, 0.717) is 11.7 Å². The third-order valence-electron chi connectivity index (χ3n) is 3.11. The van der Waals surface area contributed by atoms with Gasteiger partial charge in [-0.2, -0.15) is 0 Å². The van der Waals surface area contributed by atoms with Gasteiger partial charge in [-0.1, -0.05) is 12.1 Å². The highest BCUT2D eigenvalue weighted by Gasteiger charge is 2.18. The Morgan fingerprint density at radius 2 is 1.94 bits per heavy atom. The van der Waals surface area contributed by atoms with Crippen LogP contribution in [0.2, 0.25) is 0 Å². The topological polar surface area (TPSA) is 35.5 Å². The van der Waals surface area contributed by atoms with Gasteiger partial charge in [-0.25, -0.2) is 4.39 Å². The Hall–Kier alpha value is -1.20. The molecule has 1 aliphatic heterocycles. The molecule has 1 aliphatic rings. The minimum Gasteiger partial charge on any atom is -0.393 e. The van der Waals surface area contributed by atoms with Crippen LogP contribution in [0, 0.1) is 5.82 Å². The molecule has 0 radical (unpaired) electrons. The maximum Gasteiger partial charge on any atom is 0.169 e. The van der Waals surface area contributed by atoms with Crippen molar-refractivity contribution in [3.63, 3.8) is 0 Å². The third-order valence-corrected chi connectivity index (χ3v) is 3.51. The number of nitrogens with zero attached hydrogens (tertiary/aromatic N) is 1. The lowest BCUT2D eigenvalue weighted by Crippen LogP contribution is -2.45. The van der Waals surface area contributed by atoms with E-state index in [9.17, 15) is 9.50 Å². The number of piperidine rings is 1. The van der Waals surface area contributed by atoms with Crippen molar-refractivity contribution in [1.82, 2.24) is 10.2 Å². The number of thiocarbonyl (C=S) groups is 1. The van der Waals surface area contributed by atoms with Crippen LogP contribution in [-0.2, 0) is 6.54 Å². The van der Waals surface area contributed by atoms with Crippen LogP contribution in [0.15, 0.2) is 24.3 Å². The summed E-state index contributed by atoms with van der Waals surface area (Å²) < 4.78 is 12.7. The molecule has 2 N–H and O–H groups in total. The van der Waals surface area contributed by atoms with Gasteiger partial charge in [0.05, 0.1) is 6.10 Å². The van der Waals surface area contributed by atoms with Gasteiger partial charge in [0.1, 0.15) is 5.82 Å². The first-order valence-electron chi connectivity index (χ1n) is 6.10. The average Bonchev–Trinajstić information content (AvgIpc) is 2.38. The zero-order chi connectivity index (χ0) is 13.0. The van der Waals surface area contributed by atoms with Gasteiger partial charge < -0.3 is 15.3 Å². The average molecular weight is 268 g/mol. The van der Waals surface area contributed by atoms with Gasteiger partial charge in [0, 0.05) is 19.6 Å². The Morgan fingerprint density at radius 1 is 1.33 bits per heavy atom. The summed E-state index contributed by atoms with van der Waals surface area (Å²) in [6.45, 7) is 2.17. The Bertz CT molecular complexity index is 402. The third kappa shape index (κ3) is 3.65. The smallest absolute Gasteiger partial charge is 0.169 e. The van der Waals surface area contributed by atoms with Crippen molar-refractivity contribution in [3.05, 3.63) is 35.6 Å². The molecular weight excluding hydrogens is 251 g/mol. The molecule has 0 saturated carbocycles. The molecule has 0 atom stereocenters. The van der Waals surface area contributed by atoms with E-state index in [1.165, 1.54) is 12.1 Å². The number of likely N-dealkylation sites (tertiary alicyclic amines) is 1. The molecule has 1 fully saturated rings. The Balaban J connectivity index is 1.79. The zero-order valence-electron chi connectivity index (χ0n) is 10.1. The summed E-state index contributed by atoms with van der Waals surface area (Å²) in [6.07, 6.45) is 1.33. The number of benzene rings is 1. The lowest BCUT2D eigenvalue weighted by molar-refractivity contribution is 0.109. The summed E-state index contributed by atoms with van der Waals surface area (Å²) >= 11 is 5.30. The van der Waals surface area contributed by atoms with Crippen molar-refractivity contribution in [2.45, 2.75) is 25.5 Å². The standard InChI is InChI=1S/C13H17FN2OS/c14-11-3-1-10(2-4-11)9-15-13(18)16-7-5-12(17)6-8-16/h1-4,12,17H,5-9H2,(H,15,18). The van der Waals surface area contributed by atoms with E-state index in [1.54, 1.807) is 12.1 Å². The fourth-order valence-corrected chi connectivity index (χ4v) is 2.22. The lowest BCUT2D eigenvalue weighted by atomic mass is 10.1. The summed E-state index contributed by atoms with van der Waals surface area (Å²) in [4.78, 5) is 2.06. The predicted molar refractivity (Wildman–Crippen MR) is 72.7 cm³/mol. The van der Waals surface area contributed by atoms with Crippen molar-refractivity contribution in [3.8, 4) is 0 Å². The second-order valence-electron chi connectivity index (χ2n) is 4.50. The monoisotopic (exact) mass is 268 g/mol. The molecule has 0 aliphatic carbocycles. The van der Waals surface area contributed by atoms with Crippen molar-refractivity contribution >= 4 is 17.3 Å². The van der Waals surface area contributed by atoms with Crippen LogP contribution >= 0.6 is 12.2 Å². The molecule has 1 heterocycles. The minimum absolute atomic E-state index is 0.193. The number of halogens is 1. The number of aliphatic hydroxyl groups excluding tert-OH is 1. The van der Waals surface area contributed by atoms with Gasteiger partial charge in [-0.15, -0.1) is 0 Å². The predicted octanol–water partition coefficient (Wildman–Crippen LogP) is 1.66. The normalized spacial score (nSPS) is 16.7. The maximum absolute atomic E-state index is 12.7. The Labute approximate surface area is 112 Å². The fourth-order valence-electron chi connectivity index (χ4n) is 1.96. The SMILES string of the molecule is OC1CCN(C(=S)NCc2ccc(F)cc2)CC1. The molecule has 0 unspecified atom stereocenters. The number of hydrogen-bond donors (Lipinski definition) is 2. The largest absolute Gasteiger partial charge is 0.393 e. The first-order valence-corrected chi connectivity index (χ1v) is 6.51. The van der Waals surface area contributed by atoms with E-state index >= 15 is 0 Å². The van der Waals surface area contributed by atoms with Crippen LogP contribution in [0.1, 0.15) is 18.4 Å². The van der Waals surface area contributed by atoms with E-state index in [1.807, 2.05) is 0 Å². The van der Waals surface area contributed by atoms with Crippen molar-refractivity contribution in [2.75, 3.05) is 13.1 Å². The van der Waals surface area contributed by atoms with E-state index < -0.39 is 0 Å². The number of rotatable bonds is 2. The summed E-state index contributed by atoms with van der Waals surface area (Å²) in [6, 6.07) is 6.37. The molecule has 98 valence electrons. The fraction of sp³-hybridized carbons (Fsp3) is 0.462. The van der Waals surface area contributed by atoms with E-state index in [0.717, 1.165) is 31.5 Å². The molecule has 1 aromatic rings. The molecule has 5 heteroatoms.